The number of carboxylic acid groups (broad SMARTS) is 1. The van der Waals surface area contributed by atoms with Crippen molar-refractivity contribution in [2.75, 3.05) is 0 Å². The first-order valence-corrected chi connectivity index (χ1v) is 6.68. The van der Waals surface area contributed by atoms with Gasteiger partial charge in [0.05, 0.1) is 5.52 Å². The van der Waals surface area contributed by atoms with Crippen molar-refractivity contribution < 1.29 is 14.3 Å². The zero-order valence-electron chi connectivity index (χ0n) is 11.8. The van der Waals surface area contributed by atoms with Gasteiger partial charge < -0.3 is 9.52 Å². The molecule has 0 unspecified atom stereocenters. The van der Waals surface area contributed by atoms with Gasteiger partial charge in [-0.1, -0.05) is 0 Å². The van der Waals surface area contributed by atoms with Crippen molar-refractivity contribution in [3.8, 4) is 0 Å². The zero-order valence-corrected chi connectivity index (χ0v) is 11.8. The van der Waals surface area contributed by atoms with E-state index in [1.807, 2.05) is 19.9 Å². The van der Waals surface area contributed by atoms with Crippen LogP contribution in [0.2, 0.25) is 0 Å². The number of carbonyl (C=O) groups is 1. The molecule has 110 valence electrons. The minimum Gasteiger partial charge on any atom is -0.481 e. The van der Waals surface area contributed by atoms with E-state index in [2.05, 4.69) is 5.10 Å². The van der Waals surface area contributed by atoms with Crippen LogP contribution in [0.25, 0.3) is 16.6 Å². The summed E-state index contributed by atoms with van der Waals surface area (Å²) in [6.45, 7) is 3.94. The molecule has 0 aliphatic rings. The van der Waals surface area contributed by atoms with Gasteiger partial charge in [-0.05, 0) is 20.3 Å². The second-order valence-corrected chi connectivity index (χ2v) is 5.04. The summed E-state index contributed by atoms with van der Waals surface area (Å²) in [6, 6.07) is 3.57. The number of hydrogen-bond acceptors (Lipinski definition) is 4. The summed E-state index contributed by atoms with van der Waals surface area (Å²) >= 11 is 0. The van der Waals surface area contributed by atoms with Crippen LogP contribution in [0.3, 0.4) is 0 Å². The number of carboxylic acids is 1. The fourth-order valence-corrected chi connectivity index (χ4v) is 2.55. The molecule has 7 nitrogen and oxygen atoms in total. The standard InChI is InChI=1S/C14H15N3O4/c1-8-6-10-12(21-8)7-11-14(20)16(5-3-4-13(18)19)15-9(2)17(10)11/h6-7H,3-5H2,1-2H3,(H,18,19). The Bertz CT molecular complexity index is 900. The van der Waals surface area contributed by atoms with Crippen molar-refractivity contribution in [1.29, 1.82) is 0 Å². The van der Waals surface area contributed by atoms with Crippen molar-refractivity contribution in [2.24, 2.45) is 0 Å². The molecule has 0 aliphatic carbocycles. The highest BCUT2D eigenvalue weighted by molar-refractivity contribution is 5.83. The lowest BCUT2D eigenvalue weighted by molar-refractivity contribution is -0.137. The average molecular weight is 289 g/mol. The molecule has 0 radical (unpaired) electrons. The SMILES string of the molecule is Cc1cc2c(cc3c(=O)n(CCCC(=O)O)nc(C)n32)o1. The van der Waals surface area contributed by atoms with Crippen LogP contribution < -0.4 is 5.56 Å². The number of furan rings is 1. The van der Waals surface area contributed by atoms with Crippen LogP contribution in [-0.2, 0) is 11.3 Å². The number of fused-ring (bicyclic) bond motifs is 3. The van der Waals surface area contributed by atoms with Crippen LogP contribution in [0.1, 0.15) is 24.4 Å². The fraction of sp³-hybridized carbons (Fsp3) is 0.357. The Balaban J connectivity index is 2.10. The summed E-state index contributed by atoms with van der Waals surface area (Å²) < 4.78 is 8.63. The van der Waals surface area contributed by atoms with E-state index in [9.17, 15) is 9.59 Å². The molecule has 0 bridgehead atoms. The third-order valence-electron chi connectivity index (χ3n) is 3.42. The summed E-state index contributed by atoms with van der Waals surface area (Å²) in [5.74, 6) is 0.562. The highest BCUT2D eigenvalue weighted by Crippen LogP contribution is 2.22. The number of aliphatic carboxylic acids is 1. The molecular weight excluding hydrogens is 274 g/mol. The van der Waals surface area contributed by atoms with Crippen molar-refractivity contribution in [1.82, 2.24) is 14.2 Å². The maximum absolute atomic E-state index is 12.4. The Morgan fingerprint density at radius 3 is 2.81 bits per heavy atom. The predicted octanol–water partition coefficient (Wildman–Crippen LogP) is 1.72. The number of hydrogen-bond donors (Lipinski definition) is 1. The molecule has 0 aliphatic heterocycles. The van der Waals surface area contributed by atoms with Crippen molar-refractivity contribution in [2.45, 2.75) is 33.2 Å². The van der Waals surface area contributed by atoms with Gasteiger partial charge in [0.2, 0.25) is 0 Å². The second-order valence-electron chi connectivity index (χ2n) is 5.04. The first-order valence-electron chi connectivity index (χ1n) is 6.68. The molecule has 0 spiro atoms. The molecule has 7 heteroatoms. The molecule has 3 rings (SSSR count). The molecule has 3 heterocycles. The average Bonchev–Trinajstić information content (AvgIpc) is 2.90. The Morgan fingerprint density at radius 2 is 2.10 bits per heavy atom. The van der Waals surface area contributed by atoms with Gasteiger partial charge in [0.1, 0.15) is 17.1 Å². The van der Waals surface area contributed by atoms with E-state index >= 15 is 0 Å². The Labute approximate surface area is 119 Å². The third kappa shape index (κ3) is 2.20. The van der Waals surface area contributed by atoms with Gasteiger partial charge in [-0.3, -0.25) is 14.0 Å². The minimum atomic E-state index is -0.878. The van der Waals surface area contributed by atoms with Gasteiger partial charge in [-0.2, -0.15) is 5.10 Å². The van der Waals surface area contributed by atoms with Crippen LogP contribution in [0.5, 0.6) is 0 Å². The number of aryl methyl sites for hydroxylation is 3. The Kier molecular flexibility index (Phi) is 3.04. The minimum absolute atomic E-state index is 0.0148. The summed E-state index contributed by atoms with van der Waals surface area (Å²) in [5.41, 5.74) is 1.72. The molecule has 0 saturated heterocycles. The Morgan fingerprint density at radius 1 is 1.33 bits per heavy atom. The molecule has 3 aromatic rings. The van der Waals surface area contributed by atoms with E-state index in [0.29, 0.717) is 23.3 Å². The molecular formula is C14H15N3O4. The normalized spacial score (nSPS) is 11.5. The maximum Gasteiger partial charge on any atom is 0.303 e. The van der Waals surface area contributed by atoms with Crippen LogP contribution >= 0.6 is 0 Å². The van der Waals surface area contributed by atoms with E-state index in [1.54, 1.807) is 10.5 Å². The molecule has 0 fully saturated rings. The molecule has 0 saturated carbocycles. The molecule has 0 aromatic carbocycles. The molecule has 1 N–H and O–H groups in total. The van der Waals surface area contributed by atoms with Gasteiger partial charge in [0.25, 0.3) is 5.56 Å². The van der Waals surface area contributed by atoms with Gasteiger partial charge in [0, 0.05) is 25.1 Å². The lowest BCUT2D eigenvalue weighted by Gasteiger charge is -2.07. The van der Waals surface area contributed by atoms with Gasteiger partial charge >= 0.3 is 5.97 Å². The zero-order chi connectivity index (χ0) is 15.1. The molecule has 3 aromatic heterocycles. The topological polar surface area (TPSA) is 89.7 Å². The number of nitrogens with zero attached hydrogens (tertiary/aromatic N) is 3. The third-order valence-corrected chi connectivity index (χ3v) is 3.42. The lowest BCUT2D eigenvalue weighted by Crippen LogP contribution is -2.26. The summed E-state index contributed by atoms with van der Waals surface area (Å²) in [5, 5.41) is 12.9. The summed E-state index contributed by atoms with van der Waals surface area (Å²) in [4.78, 5) is 22.9. The second kappa shape index (κ2) is 4.76. The largest absolute Gasteiger partial charge is 0.481 e. The molecule has 21 heavy (non-hydrogen) atoms. The molecule has 0 amide bonds. The number of aromatic nitrogens is 3. The maximum atomic E-state index is 12.4. The van der Waals surface area contributed by atoms with Crippen molar-refractivity contribution in [3.05, 3.63) is 34.1 Å². The van der Waals surface area contributed by atoms with E-state index in [4.69, 9.17) is 9.52 Å². The summed E-state index contributed by atoms with van der Waals surface area (Å²) in [7, 11) is 0. The lowest BCUT2D eigenvalue weighted by atomic mass is 10.3. The highest BCUT2D eigenvalue weighted by Gasteiger charge is 2.14. The first-order chi connectivity index (χ1) is 9.97. The van der Waals surface area contributed by atoms with E-state index in [0.717, 1.165) is 11.3 Å². The quantitative estimate of drug-likeness (QED) is 0.790. The fourth-order valence-electron chi connectivity index (χ4n) is 2.55. The van der Waals surface area contributed by atoms with Crippen molar-refractivity contribution >= 4 is 22.6 Å². The van der Waals surface area contributed by atoms with Gasteiger partial charge in [0.15, 0.2) is 5.58 Å². The van der Waals surface area contributed by atoms with E-state index < -0.39 is 5.97 Å². The highest BCUT2D eigenvalue weighted by atomic mass is 16.4. The van der Waals surface area contributed by atoms with Gasteiger partial charge in [-0.25, -0.2) is 4.68 Å². The van der Waals surface area contributed by atoms with Crippen LogP contribution in [0.15, 0.2) is 21.3 Å². The van der Waals surface area contributed by atoms with E-state index in [1.165, 1.54) is 4.68 Å². The van der Waals surface area contributed by atoms with E-state index in [-0.39, 0.29) is 18.5 Å². The first kappa shape index (κ1) is 13.4. The van der Waals surface area contributed by atoms with Gasteiger partial charge in [-0.15, -0.1) is 0 Å². The monoisotopic (exact) mass is 289 g/mol. The van der Waals surface area contributed by atoms with Crippen molar-refractivity contribution in [3.63, 3.8) is 0 Å². The van der Waals surface area contributed by atoms with Crippen LogP contribution in [0.4, 0.5) is 0 Å². The van der Waals surface area contributed by atoms with Crippen LogP contribution in [0, 0.1) is 13.8 Å². The Hall–Kier alpha value is -2.57. The number of rotatable bonds is 4. The van der Waals surface area contributed by atoms with Crippen LogP contribution in [-0.4, -0.2) is 25.3 Å². The predicted molar refractivity (Wildman–Crippen MR) is 75.6 cm³/mol. The smallest absolute Gasteiger partial charge is 0.303 e. The molecule has 0 atom stereocenters. The summed E-state index contributed by atoms with van der Waals surface area (Å²) in [6.07, 6.45) is 0.384.